The lowest BCUT2D eigenvalue weighted by atomic mass is 10.0. The Balaban J connectivity index is 1.71. The lowest BCUT2D eigenvalue weighted by Gasteiger charge is -2.35. The third-order valence-corrected chi connectivity index (χ3v) is 4.69. The third kappa shape index (κ3) is 4.63. The van der Waals surface area contributed by atoms with E-state index in [2.05, 4.69) is 24.1 Å². The van der Waals surface area contributed by atoms with Crippen molar-refractivity contribution in [3.8, 4) is 0 Å². The van der Waals surface area contributed by atoms with E-state index in [0.717, 1.165) is 18.0 Å². The Morgan fingerprint density at radius 3 is 2.55 bits per heavy atom. The van der Waals surface area contributed by atoms with E-state index in [-0.39, 0.29) is 0 Å². The van der Waals surface area contributed by atoms with Gasteiger partial charge in [0.05, 0.1) is 0 Å². The molecule has 0 atom stereocenters. The lowest BCUT2D eigenvalue weighted by molar-refractivity contribution is 0.161. The predicted octanol–water partition coefficient (Wildman–Crippen LogP) is 4.00. The van der Waals surface area contributed by atoms with Gasteiger partial charge in [-0.3, -0.25) is 0 Å². The molecular formula is C16H24Cl2N2. The first-order chi connectivity index (χ1) is 9.56. The van der Waals surface area contributed by atoms with E-state index in [9.17, 15) is 0 Å². The van der Waals surface area contributed by atoms with Crippen LogP contribution in [0.2, 0.25) is 10.0 Å². The molecule has 0 aliphatic carbocycles. The minimum atomic E-state index is 0.649. The molecule has 112 valence electrons. The Labute approximate surface area is 132 Å². The van der Waals surface area contributed by atoms with E-state index >= 15 is 0 Å². The van der Waals surface area contributed by atoms with Crippen LogP contribution in [0.5, 0.6) is 0 Å². The van der Waals surface area contributed by atoms with E-state index < -0.39 is 0 Å². The van der Waals surface area contributed by atoms with E-state index in [0.29, 0.717) is 17.1 Å². The maximum atomic E-state index is 6.19. The van der Waals surface area contributed by atoms with Gasteiger partial charge in [0.25, 0.3) is 0 Å². The van der Waals surface area contributed by atoms with Crippen LogP contribution >= 0.6 is 23.2 Å². The van der Waals surface area contributed by atoms with Gasteiger partial charge in [0.2, 0.25) is 0 Å². The monoisotopic (exact) mass is 314 g/mol. The van der Waals surface area contributed by atoms with Crippen molar-refractivity contribution in [1.29, 1.82) is 0 Å². The van der Waals surface area contributed by atoms with Crippen molar-refractivity contribution in [3.05, 3.63) is 33.8 Å². The zero-order valence-corrected chi connectivity index (χ0v) is 13.8. The topological polar surface area (TPSA) is 15.3 Å². The van der Waals surface area contributed by atoms with Crippen LogP contribution in [0.25, 0.3) is 0 Å². The van der Waals surface area contributed by atoms with E-state index in [1.807, 2.05) is 18.2 Å². The molecule has 1 aromatic carbocycles. The molecular weight excluding hydrogens is 291 g/mol. The van der Waals surface area contributed by atoms with Gasteiger partial charge in [-0.2, -0.15) is 0 Å². The quantitative estimate of drug-likeness (QED) is 0.883. The van der Waals surface area contributed by atoms with Crippen LogP contribution in [0.4, 0.5) is 0 Å². The smallest absolute Gasteiger partial charge is 0.0453 e. The molecule has 0 aromatic heterocycles. The van der Waals surface area contributed by atoms with Gasteiger partial charge < -0.3 is 10.2 Å². The van der Waals surface area contributed by atoms with Gasteiger partial charge in [0.15, 0.2) is 0 Å². The normalized spacial score (nSPS) is 17.9. The number of hydrogen-bond donors (Lipinski definition) is 1. The number of rotatable bonds is 5. The minimum absolute atomic E-state index is 0.649. The summed E-state index contributed by atoms with van der Waals surface area (Å²) in [6, 6.07) is 7.07. The molecule has 1 heterocycles. The first kappa shape index (κ1) is 16.1. The number of nitrogens with zero attached hydrogens (tertiary/aromatic N) is 1. The summed E-state index contributed by atoms with van der Waals surface area (Å²) in [5.41, 5.74) is 1.17. The standard InChI is InChI=1S/C16H24Cl2N2/c1-12(2)20-9-6-15(7-10-20)19-8-5-13-3-4-14(17)11-16(13)18/h3-4,11-12,15,19H,5-10H2,1-2H3. The van der Waals surface area contributed by atoms with Crippen LogP contribution < -0.4 is 5.32 Å². The van der Waals surface area contributed by atoms with Gasteiger partial charge in [0.1, 0.15) is 0 Å². The molecule has 0 unspecified atom stereocenters. The van der Waals surface area contributed by atoms with Gasteiger partial charge in [-0.1, -0.05) is 29.3 Å². The summed E-state index contributed by atoms with van der Waals surface area (Å²) in [4.78, 5) is 2.55. The van der Waals surface area contributed by atoms with Crippen molar-refractivity contribution in [2.75, 3.05) is 19.6 Å². The van der Waals surface area contributed by atoms with Crippen LogP contribution in [0.3, 0.4) is 0 Å². The Kier molecular flexibility index (Phi) is 6.16. The number of piperidine rings is 1. The summed E-state index contributed by atoms with van der Waals surface area (Å²) in [7, 11) is 0. The number of hydrogen-bond acceptors (Lipinski definition) is 2. The predicted molar refractivity (Wildman–Crippen MR) is 87.9 cm³/mol. The maximum Gasteiger partial charge on any atom is 0.0453 e. The Morgan fingerprint density at radius 1 is 1.25 bits per heavy atom. The number of nitrogens with one attached hydrogen (secondary N) is 1. The second kappa shape index (κ2) is 7.65. The van der Waals surface area contributed by atoms with Gasteiger partial charge in [-0.15, -0.1) is 0 Å². The summed E-state index contributed by atoms with van der Waals surface area (Å²) in [5.74, 6) is 0. The number of likely N-dealkylation sites (tertiary alicyclic amines) is 1. The first-order valence-electron chi connectivity index (χ1n) is 7.47. The molecule has 0 saturated carbocycles. The average molecular weight is 315 g/mol. The molecule has 1 saturated heterocycles. The van der Waals surface area contributed by atoms with Gasteiger partial charge >= 0.3 is 0 Å². The molecule has 20 heavy (non-hydrogen) atoms. The second-order valence-electron chi connectivity index (χ2n) is 5.84. The fourth-order valence-corrected chi connectivity index (χ4v) is 3.26. The highest BCUT2D eigenvalue weighted by Crippen LogP contribution is 2.21. The van der Waals surface area contributed by atoms with E-state index in [1.54, 1.807) is 0 Å². The third-order valence-electron chi connectivity index (χ3n) is 4.10. The molecule has 0 spiro atoms. The summed E-state index contributed by atoms with van der Waals surface area (Å²) in [6.07, 6.45) is 3.44. The summed E-state index contributed by atoms with van der Waals surface area (Å²) in [5, 5.41) is 5.13. The largest absolute Gasteiger partial charge is 0.314 e. The highest BCUT2D eigenvalue weighted by molar-refractivity contribution is 6.35. The van der Waals surface area contributed by atoms with Gasteiger partial charge in [-0.25, -0.2) is 0 Å². The summed E-state index contributed by atoms with van der Waals surface area (Å²) < 4.78 is 0. The summed E-state index contributed by atoms with van der Waals surface area (Å²) >= 11 is 12.1. The number of benzene rings is 1. The van der Waals surface area contributed by atoms with Crippen LogP contribution in [0.1, 0.15) is 32.3 Å². The van der Waals surface area contributed by atoms with Gasteiger partial charge in [-0.05, 0) is 70.4 Å². The fourth-order valence-electron chi connectivity index (χ4n) is 2.76. The van der Waals surface area contributed by atoms with E-state index in [1.165, 1.54) is 31.5 Å². The van der Waals surface area contributed by atoms with Crippen molar-refractivity contribution < 1.29 is 0 Å². The molecule has 2 nitrogen and oxygen atoms in total. The van der Waals surface area contributed by atoms with Crippen molar-refractivity contribution in [3.63, 3.8) is 0 Å². The summed E-state index contributed by atoms with van der Waals surface area (Å²) in [6.45, 7) is 7.94. The van der Waals surface area contributed by atoms with Crippen molar-refractivity contribution in [2.45, 2.75) is 45.2 Å². The van der Waals surface area contributed by atoms with Crippen LogP contribution in [-0.4, -0.2) is 36.6 Å². The number of halogens is 2. The fraction of sp³-hybridized carbons (Fsp3) is 0.625. The lowest BCUT2D eigenvalue weighted by Crippen LogP contribution is -2.45. The van der Waals surface area contributed by atoms with Crippen molar-refractivity contribution in [2.24, 2.45) is 0 Å². The zero-order valence-electron chi connectivity index (χ0n) is 12.3. The Morgan fingerprint density at radius 2 is 1.95 bits per heavy atom. The van der Waals surface area contributed by atoms with Crippen LogP contribution in [-0.2, 0) is 6.42 Å². The van der Waals surface area contributed by atoms with Crippen LogP contribution in [0.15, 0.2) is 18.2 Å². The molecule has 0 radical (unpaired) electrons. The molecule has 4 heteroatoms. The van der Waals surface area contributed by atoms with E-state index in [4.69, 9.17) is 23.2 Å². The highest BCUT2D eigenvalue weighted by atomic mass is 35.5. The highest BCUT2D eigenvalue weighted by Gasteiger charge is 2.20. The Hall–Kier alpha value is -0.280. The maximum absolute atomic E-state index is 6.19. The molecule has 2 rings (SSSR count). The van der Waals surface area contributed by atoms with Crippen molar-refractivity contribution in [1.82, 2.24) is 10.2 Å². The second-order valence-corrected chi connectivity index (χ2v) is 6.69. The molecule has 0 bridgehead atoms. The molecule has 1 fully saturated rings. The minimum Gasteiger partial charge on any atom is -0.314 e. The molecule has 1 N–H and O–H groups in total. The first-order valence-corrected chi connectivity index (χ1v) is 8.23. The SMILES string of the molecule is CC(C)N1CCC(NCCc2ccc(Cl)cc2Cl)CC1. The molecule has 1 aromatic rings. The zero-order chi connectivity index (χ0) is 14.5. The Bertz CT molecular complexity index is 426. The molecule has 0 amide bonds. The molecule has 1 aliphatic heterocycles. The van der Waals surface area contributed by atoms with Gasteiger partial charge in [0, 0.05) is 22.1 Å². The van der Waals surface area contributed by atoms with Crippen LogP contribution in [0, 0.1) is 0 Å². The van der Waals surface area contributed by atoms with Crippen molar-refractivity contribution >= 4 is 23.2 Å². The average Bonchev–Trinajstić information content (AvgIpc) is 2.42. The molecule has 1 aliphatic rings.